The molecule has 0 aliphatic carbocycles. The maximum atomic E-state index is 9.54. The lowest BCUT2D eigenvalue weighted by Crippen LogP contribution is -2.15. The first-order valence-corrected chi connectivity index (χ1v) is 4.86. The molecular weight excluding hydrogens is 194 g/mol. The number of hydrogen-bond donors (Lipinski definition) is 3. The number of rotatable bonds is 5. The van der Waals surface area contributed by atoms with Gasteiger partial charge in [0.2, 0.25) is 0 Å². The van der Waals surface area contributed by atoms with Crippen LogP contribution in [0.5, 0.6) is 5.75 Å². The molecule has 15 heavy (non-hydrogen) atoms. The van der Waals surface area contributed by atoms with Gasteiger partial charge in [0.05, 0.1) is 19.3 Å². The molecule has 1 aromatic carbocycles. The van der Waals surface area contributed by atoms with Crippen LogP contribution in [0.2, 0.25) is 0 Å². The van der Waals surface area contributed by atoms with E-state index in [1.165, 1.54) is 0 Å². The first kappa shape index (κ1) is 12.0. The molecule has 0 spiro atoms. The van der Waals surface area contributed by atoms with Gasteiger partial charge >= 0.3 is 0 Å². The number of phenolic OH excluding ortho intramolecular Hbond substituents is 1. The highest BCUT2D eigenvalue weighted by atomic mass is 16.5. The van der Waals surface area contributed by atoms with Gasteiger partial charge < -0.3 is 20.7 Å². The van der Waals surface area contributed by atoms with E-state index in [1.54, 1.807) is 19.2 Å². The Balaban J connectivity index is 2.84. The molecule has 0 aliphatic rings. The van der Waals surface area contributed by atoms with Crippen molar-refractivity contribution in [1.82, 2.24) is 0 Å². The van der Waals surface area contributed by atoms with Gasteiger partial charge in [0.15, 0.2) is 0 Å². The van der Waals surface area contributed by atoms with E-state index in [0.29, 0.717) is 12.2 Å². The fourth-order valence-corrected chi connectivity index (χ4v) is 1.37. The molecule has 4 N–H and O–H groups in total. The zero-order valence-corrected chi connectivity index (χ0v) is 8.81. The van der Waals surface area contributed by atoms with Crippen LogP contribution in [-0.2, 0) is 11.2 Å². The average Bonchev–Trinajstić information content (AvgIpc) is 2.27. The lowest BCUT2D eigenvalue weighted by Gasteiger charge is -2.12. The summed E-state index contributed by atoms with van der Waals surface area (Å²) in [5.41, 5.74) is 7.26. The lowest BCUT2D eigenvalue weighted by atomic mass is 10.0. The van der Waals surface area contributed by atoms with Crippen LogP contribution in [0.4, 0.5) is 0 Å². The number of hydrogen-bond acceptors (Lipinski definition) is 4. The largest absolute Gasteiger partial charge is 0.508 e. The van der Waals surface area contributed by atoms with Crippen molar-refractivity contribution in [3.63, 3.8) is 0 Å². The van der Waals surface area contributed by atoms with E-state index in [-0.39, 0.29) is 12.4 Å². The second kappa shape index (κ2) is 5.70. The molecule has 84 valence electrons. The van der Waals surface area contributed by atoms with Crippen LogP contribution in [0.1, 0.15) is 17.2 Å². The van der Waals surface area contributed by atoms with Crippen LogP contribution in [-0.4, -0.2) is 30.5 Å². The first-order chi connectivity index (χ1) is 7.19. The van der Waals surface area contributed by atoms with Crippen molar-refractivity contribution < 1.29 is 14.9 Å². The van der Waals surface area contributed by atoms with Gasteiger partial charge in [0, 0.05) is 12.7 Å². The van der Waals surface area contributed by atoms with Crippen molar-refractivity contribution >= 4 is 0 Å². The van der Waals surface area contributed by atoms with Crippen molar-refractivity contribution in [2.24, 2.45) is 5.73 Å². The molecule has 0 bridgehead atoms. The SMILES string of the molecule is COCCc1ccc(O)c([C@@H](N)CO)c1. The molecule has 1 aromatic rings. The quantitative estimate of drug-likeness (QED) is 0.665. The fourth-order valence-electron chi connectivity index (χ4n) is 1.37. The van der Waals surface area contributed by atoms with Crippen LogP contribution in [0.3, 0.4) is 0 Å². The molecular formula is C11H17NO3. The van der Waals surface area contributed by atoms with Crippen molar-refractivity contribution in [3.05, 3.63) is 29.3 Å². The number of aliphatic hydroxyl groups is 1. The Hall–Kier alpha value is -1.10. The highest BCUT2D eigenvalue weighted by Crippen LogP contribution is 2.23. The first-order valence-electron chi connectivity index (χ1n) is 4.86. The number of benzene rings is 1. The third-order valence-electron chi connectivity index (χ3n) is 2.28. The predicted octanol–water partition coefficient (Wildman–Crippen LogP) is 0.573. The molecule has 0 fully saturated rings. The Bertz CT molecular complexity index is 315. The van der Waals surface area contributed by atoms with Gasteiger partial charge in [-0.15, -0.1) is 0 Å². The van der Waals surface area contributed by atoms with E-state index >= 15 is 0 Å². The zero-order chi connectivity index (χ0) is 11.3. The van der Waals surface area contributed by atoms with Crippen LogP contribution in [0.15, 0.2) is 18.2 Å². The normalized spacial score (nSPS) is 12.7. The van der Waals surface area contributed by atoms with E-state index in [4.69, 9.17) is 15.6 Å². The molecule has 4 nitrogen and oxygen atoms in total. The molecule has 0 aromatic heterocycles. The maximum Gasteiger partial charge on any atom is 0.120 e. The number of methoxy groups -OCH3 is 1. The molecule has 0 unspecified atom stereocenters. The molecule has 0 saturated carbocycles. The van der Waals surface area contributed by atoms with Crippen molar-refractivity contribution in [1.29, 1.82) is 0 Å². The van der Waals surface area contributed by atoms with E-state index in [0.717, 1.165) is 12.0 Å². The third kappa shape index (κ3) is 3.20. The Morgan fingerprint density at radius 2 is 2.20 bits per heavy atom. The van der Waals surface area contributed by atoms with E-state index in [1.807, 2.05) is 6.07 Å². The van der Waals surface area contributed by atoms with Gasteiger partial charge in [0.25, 0.3) is 0 Å². The minimum Gasteiger partial charge on any atom is -0.508 e. The van der Waals surface area contributed by atoms with Crippen LogP contribution in [0.25, 0.3) is 0 Å². The van der Waals surface area contributed by atoms with Gasteiger partial charge in [-0.25, -0.2) is 0 Å². The van der Waals surface area contributed by atoms with Gasteiger partial charge in [0.1, 0.15) is 5.75 Å². The fraction of sp³-hybridized carbons (Fsp3) is 0.455. The Morgan fingerprint density at radius 1 is 1.47 bits per heavy atom. The van der Waals surface area contributed by atoms with E-state index in [2.05, 4.69) is 0 Å². The number of phenols is 1. The summed E-state index contributed by atoms with van der Waals surface area (Å²) in [4.78, 5) is 0. The third-order valence-corrected chi connectivity index (χ3v) is 2.28. The van der Waals surface area contributed by atoms with Gasteiger partial charge in [-0.1, -0.05) is 12.1 Å². The highest BCUT2D eigenvalue weighted by molar-refractivity contribution is 5.38. The van der Waals surface area contributed by atoms with Crippen LogP contribution < -0.4 is 5.73 Å². The van der Waals surface area contributed by atoms with Gasteiger partial charge in [-0.2, -0.15) is 0 Å². The van der Waals surface area contributed by atoms with Gasteiger partial charge in [-0.05, 0) is 18.1 Å². The van der Waals surface area contributed by atoms with Crippen molar-refractivity contribution in [3.8, 4) is 5.75 Å². The summed E-state index contributed by atoms with van der Waals surface area (Å²) in [6, 6.07) is 4.68. The Kier molecular flexibility index (Phi) is 4.55. The molecule has 0 amide bonds. The van der Waals surface area contributed by atoms with Gasteiger partial charge in [-0.3, -0.25) is 0 Å². The standard InChI is InChI=1S/C11H17NO3/c1-15-5-4-8-2-3-11(14)9(6-8)10(12)7-13/h2-3,6,10,13-14H,4-5,7,12H2,1H3/t10-/m0/s1. The van der Waals surface area contributed by atoms with Crippen molar-refractivity contribution in [2.45, 2.75) is 12.5 Å². The maximum absolute atomic E-state index is 9.54. The van der Waals surface area contributed by atoms with Crippen LogP contribution >= 0.6 is 0 Å². The van der Waals surface area contributed by atoms with E-state index in [9.17, 15) is 5.11 Å². The monoisotopic (exact) mass is 211 g/mol. The molecule has 0 saturated heterocycles. The highest BCUT2D eigenvalue weighted by Gasteiger charge is 2.10. The Labute approximate surface area is 89.3 Å². The number of aromatic hydroxyl groups is 1. The molecule has 1 atom stereocenters. The molecule has 0 heterocycles. The minimum atomic E-state index is -0.535. The minimum absolute atomic E-state index is 0.123. The Morgan fingerprint density at radius 3 is 2.80 bits per heavy atom. The summed E-state index contributed by atoms with van der Waals surface area (Å²) in [5, 5.41) is 18.5. The number of nitrogens with two attached hydrogens (primary N) is 1. The molecule has 4 heteroatoms. The summed E-state index contributed by atoms with van der Waals surface area (Å²) in [5.74, 6) is 0.123. The van der Waals surface area contributed by atoms with E-state index < -0.39 is 6.04 Å². The predicted molar refractivity (Wildman–Crippen MR) is 57.7 cm³/mol. The molecule has 0 aliphatic heterocycles. The summed E-state index contributed by atoms with van der Waals surface area (Å²) in [6.07, 6.45) is 0.766. The smallest absolute Gasteiger partial charge is 0.120 e. The zero-order valence-electron chi connectivity index (χ0n) is 8.81. The second-order valence-corrected chi connectivity index (χ2v) is 3.43. The van der Waals surface area contributed by atoms with Crippen LogP contribution in [0, 0.1) is 0 Å². The lowest BCUT2D eigenvalue weighted by molar-refractivity contribution is 0.202. The number of ether oxygens (including phenoxy) is 1. The second-order valence-electron chi connectivity index (χ2n) is 3.43. The van der Waals surface area contributed by atoms with Crippen molar-refractivity contribution in [2.75, 3.05) is 20.3 Å². The summed E-state index contributed by atoms with van der Waals surface area (Å²) < 4.78 is 4.96. The summed E-state index contributed by atoms with van der Waals surface area (Å²) in [7, 11) is 1.64. The molecule has 1 rings (SSSR count). The molecule has 0 radical (unpaired) electrons. The summed E-state index contributed by atoms with van der Waals surface area (Å²) >= 11 is 0. The number of aliphatic hydroxyl groups excluding tert-OH is 1. The topological polar surface area (TPSA) is 75.7 Å². The average molecular weight is 211 g/mol. The summed E-state index contributed by atoms with van der Waals surface area (Å²) in [6.45, 7) is 0.444.